The van der Waals surface area contributed by atoms with Gasteiger partial charge in [0.25, 0.3) is 0 Å². The van der Waals surface area contributed by atoms with E-state index in [-0.39, 0.29) is 16.4 Å². The molecule has 0 heterocycles. The van der Waals surface area contributed by atoms with Crippen molar-refractivity contribution in [2.24, 2.45) is 0 Å². The number of carbonyl (C=O) groups is 1. The predicted molar refractivity (Wildman–Crippen MR) is 58.1 cm³/mol. The zero-order valence-electron chi connectivity index (χ0n) is 6.99. The van der Waals surface area contributed by atoms with E-state index in [1.165, 1.54) is 6.07 Å². The molecular weight excluding hydrogens is 252 g/mol. The number of phenolic OH excluding ortho intramolecular Hbond substituents is 1. The highest BCUT2D eigenvalue weighted by molar-refractivity contribution is 9.10. The van der Waals surface area contributed by atoms with Crippen LogP contribution in [0.3, 0.4) is 0 Å². The molecule has 1 unspecified atom stereocenters. The largest absolute Gasteiger partial charge is 0.507 e. The fourth-order valence-corrected chi connectivity index (χ4v) is 1.39. The summed E-state index contributed by atoms with van der Waals surface area (Å²) in [5.74, 6) is -0.150. The van der Waals surface area contributed by atoms with E-state index in [1.807, 2.05) is 0 Å². The Bertz CT molecular complexity index is 336. The minimum Gasteiger partial charge on any atom is -0.507 e. The number of alkyl halides is 1. The van der Waals surface area contributed by atoms with Gasteiger partial charge in [0.2, 0.25) is 0 Å². The summed E-state index contributed by atoms with van der Waals surface area (Å²) in [5.41, 5.74) is 0.303. The number of Topliss-reactive ketones (excluding diaryl/α,β-unsaturated/α-hetero) is 1. The number of carbonyl (C=O) groups excluding carboxylic acids is 1. The molecule has 0 saturated carbocycles. The van der Waals surface area contributed by atoms with Crippen molar-refractivity contribution in [3.05, 3.63) is 23.8 Å². The van der Waals surface area contributed by atoms with Gasteiger partial charge in [-0.25, -0.2) is 0 Å². The van der Waals surface area contributed by atoms with Gasteiger partial charge in [0.15, 0.2) is 5.78 Å². The Hall–Kier alpha value is -0.480. The van der Waals surface area contributed by atoms with Crippen molar-refractivity contribution < 1.29 is 9.90 Å². The Labute approximate surface area is 90.5 Å². The first kappa shape index (κ1) is 10.6. The van der Waals surface area contributed by atoms with Crippen LogP contribution in [0.25, 0.3) is 0 Å². The minimum atomic E-state index is -0.298. The highest BCUT2D eigenvalue weighted by Crippen LogP contribution is 2.23. The Morgan fingerprint density at radius 3 is 2.77 bits per heavy atom. The summed E-state index contributed by atoms with van der Waals surface area (Å²) in [5, 5.41) is 9.38. The maximum atomic E-state index is 11.5. The molecule has 0 bridgehead atoms. The molecule has 0 radical (unpaired) electrons. The lowest BCUT2D eigenvalue weighted by Crippen LogP contribution is -2.10. The van der Waals surface area contributed by atoms with E-state index in [9.17, 15) is 9.90 Å². The van der Waals surface area contributed by atoms with E-state index in [4.69, 9.17) is 0 Å². The fourth-order valence-electron chi connectivity index (χ4n) is 0.936. The van der Waals surface area contributed by atoms with E-state index >= 15 is 0 Å². The number of rotatable bonds is 2. The van der Waals surface area contributed by atoms with Gasteiger partial charge in [-0.05, 0) is 25.1 Å². The van der Waals surface area contributed by atoms with E-state index < -0.39 is 0 Å². The molecule has 0 saturated heterocycles. The quantitative estimate of drug-likeness (QED) is 0.488. The van der Waals surface area contributed by atoms with Gasteiger partial charge in [-0.15, -0.1) is 12.6 Å². The third kappa shape index (κ3) is 2.48. The molecule has 2 nitrogen and oxygen atoms in total. The number of aromatic hydroxyl groups is 1. The maximum Gasteiger partial charge on any atom is 0.179 e. The third-order valence-corrected chi connectivity index (χ3v) is 2.30. The molecule has 4 heteroatoms. The van der Waals surface area contributed by atoms with E-state index in [2.05, 4.69) is 28.6 Å². The molecule has 13 heavy (non-hydrogen) atoms. The summed E-state index contributed by atoms with van der Waals surface area (Å²) in [4.78, 5) is 11.8. The standard InChI is InChI=1S/C9H9BrO2S/c1-5(10)9(12)7-4-6(13)2-3-8(7)11/h2-5,11,13H,1H3. The normalized spacial score (nSPS) is 12.5. The smallest absolute Gasteiger partial charge is 0.179 e. The number of ketones is 1. The fraction of sp³-hybridized carbons (Fsp3) is 0.222. The summed E-state index contributed by atoms with van der Waals surface area (Å²) in [6, 6.07) is 4.65. The summed E-state index contributed by atoms with van der Waals surface area (Å²) in [6.45, 7) is 1.72. The number of halogens is 1. The zero-order chi connectivity index (χ0) is 10.0. The van der Waals surface area contributed by atoms with Crippen molar-refractivity contribution >= 4 is 34.3 Å². The van der Waals surface area contributed by atoms with Crippen LogP contribution >= 0.6 is 28.6 Å². The monoisotopic (exact) mass is 260 g/mol. The van der Waals surface area contributed by atoms with Crippen LogP contribution in [0.15, 0.2) is 23.1 Å². The molecule has 1 aromatic rings. The van der Waals surface area contributed by atoms with Crippen molar-refractivity contribution in [2.45, 2.75) is 16.6 Å². The van der Waals surface area contributed by atoms with E-state index in [1.54, 1.807) is 19.1 Å². The van der Waals surface area contributed by atoms with Gasteiger partial charge in [0, 0.05) is 4.90 Å². The highest BCUT2D eigenvalue weighted by Gasteiger charge is 2.15. The van der Waals surface area contributed by atoms with Gasteiger partial charge in [-0.3, -0.25) is 4.79 Å². The van der Waals surface area contributed by atoms with Gasteiger partial charge in [0.05, 0.1) is 10.4 Å². The average molecular weight is 261 g/mol. The second-order valence-corrected chi connectivity index (χ2v) is 4.57. The van der Waals surface area contributed by atoms with Crippen molar-refractivity contribution in [2.75, 3.05) is 0 Å². The van der Waals surface area contributed by atoms with Gasteiger partial charge in [0.1, 0.15) is 5.75 Å². The van der Waals surface area contributed by atoms with Crippen LogP contribution in [0.1, 0.15) is 17.3 Å². The lowest BCUT2D eigenvalue weighted by molar-refractivity contribution is 0.0993. The van der Waals surface area contributed by atoms with Crippen LogP contribution in [0.4, 0.5) is 0 Å². The highest BCUT2D eigenvalue weighted by atomic mass is 79.9. The summed E-state index contributed by atoms with van der Waals surface area (Å²) < 4.78 is 0. The molecule has 0 amide bonds. The number of hydrogen-bond donors (Lipinski definition) is 2. The second-order valence-electron chi connectivity index (χ2n) is 2.68. The van der Waals surface area contributed by atoms with E-state index in [0.29, 0.717) is 10.5 Å². The summed E-state index contributed by atoms with van der Waals surface area (Å²) >= 11 is 7.24. The maximum absolute atomic E-state index is 11.5. The predicted octanol–water partition coefficient (Wildman–Crippen LogP) is 2.65. The SMILES string of the molecule is CC(Br)C(=O)c1cc(S)ccc1O. The first-order valence-electron chi connectivity index (χ1n) is 3.72. The molecule has 1 aromatic carbocycles. The van der Waals surface area contributed by atoms with Gasteiger partial charge >= 0.3 is 0 Å². The third-order valence-electron chi connectivity index (χ3n) is 1.61. The molecule has 0 spiro atoms. The van der Waals surface area contributed by atoms with Crippen molar-refractivity contribution in [3.63, 3.8) is 0 Å². The summed E-state index contributed by atoms with van der Waals surface area (Å²) in [6.07, 6.45) is 0. The Morgan fingerprint density at radius 2 is 2.23 bits per heavy atom. The lowest BCUT2D eigenvalue weighted by atomic mass is 10.1. The topological polar surface area (TPSA) is 37.3 Å². The molecule has 1 N–H and O–H groups in total. The molecule has 1 atom stereocenters. The van der Waals surface area contributed by atoms with Gasteiger partial charge in [-0.1, -0.05) is 15.9 Å². The molecule has 1 rings (SSSR count). The van der Waals surface area contributed by atoms with Crippen LogP contribution in [-0.4, -0.2) is 15.7 Å². The molecule has 0 aliphatic rings. The Balaban J connectivity index is 3.13. The molecule has 70 valence electrons. The molecule has 0 aliphatic heterocycles. The van der Waals surface area contributed by atoms with Crippen molar-refractivity contribution in [1.82, 2.24) is 0 Å². The van der Waals surface area contributed by atoms with Gasteiger partial charge in [-0.2, -0.15) is 0 Å². The number of phenols is 1. The summed E-state index contributed by atoms with van der Waals surface area (Å²) in [7, 11) is 0. The first-order valence-corrected chi connectivity index (χ1v) is 5.09. The van der Waals surface area contributed by atoms with Crippen LogP contribution in [0.2, 0.25) is 0 Å². The number of benzene rings is 1. The van der Waals surface area contributed by atoms with Crippen LogP contribution in [0, 0.1) is 0 Å². The Morgan fingerprint density at radius 1 is 1.62 bits per heavy atom. The zero-order valence-corrected chi connectivity index (χ0v) is 9.47. The number of hydrogen-bond acceptors (Lipinski definition) is 3. The van der Waals surface area contributed by atoms with Crippen molar-refractivity contribution in [3.8, 4) is 5.75 Å². The van der Waals surface area contributed by atoms with Gasteiger partial charge < -0.3 is 5.11 Å². The average Bonchev–Trinajstić information content (AvgIpc) is 2.08. The molecule has 0 fully saturated rings. The Kier molecular flexibility index (Phi) is 3.39. The lowest BCUT2D eigenvalue weighted by Gasteiger charge is -2.05. The second kappa shape index (κ2) is 4.15. The van der Waals surface area contributed by atoms with Crippen molar-refractivity contribution in [1.29, 1.82) is 0 Å². The van der Waals surface area contributed by atoms with Crippen LogP contribution in [-0.2, 0) is 0 Å². The van der Waals surface area contributed by atoms with Crippen LogP contribution in [0.5, 0.6) is 5.75 Å². The molecular formula is C9H9BrO2S. The first-order chi connectivity index (χ1) is 6.02. The molecule has 0 aliphatic carbocycles. The van der Waals surface area contributed by atoms with E-state index in [0.717, 1.165) is 0 Å². The molecule has 0 aromatic heterocycles. The minimum absolute atomic E-state index is 0.00546. The number of thiol groups is 1. The van der Waals surface area contributed by atoms with Crippen LogP contribution < -0.4 is 0 Å².